The van der Waals surface area contributed by atoms with Gasteiger partial charge in [-0.3, -0.25) is 14.4 Å². The van der Waals surface area contributed by atoms with E-state index in [0.717, 1.165) is 4.90 Å². The van der Waals surface area contributed by atoms with Crippen LogP contribution in [0.25, 0.3) is 0 Å². The van der Waals surface area contributed by atoms with Crippen LogP contribution in [0.4, 0.5) is 11.4 Å². The second-order valence-corrected chi connectivity index (χ2v) is 8.21. The van der Waals surface area contributed by atoms with Crippen molar-refractivity contribution in [2.45, 2.75) is 31.7 Å². The summed E-state index contributed by atoms with van der Waals surface area (Å²) in [5.74, 6) is 0.221. The average Bonchev–Trinajstić information content (AvgIpc) is 2.72. The number of thioether (sulfide) groups is 1. The van der Waals surface area contributed by atoms with Crippen LogP contribution in [0.2, 0.25) is 0 Å². The largest absolute Gasteiger partial charge is 0.494 e. The van der Waals surface area contributed by atoms with Crippen molar-refractivity contribution in [1.29, 1.82) is 0 Å². The van der Waals surface area contributed by atoms with Crippen molar-refractivity contribution in [3.8, 4) is 5.75 Å². The van der Waals surface area contributed by atoms with Gasteiger partial charge in [0.15, 0.2) is 0 Å². The van der Waals surface area contributed by atoms with Gasteiger partial charge in [-0.1, -0.05) is 13.8 Å². The lowest BCUT2D eigenvalue weighted by molar-refractivity contribution is -0.119. The molecule has 0 spiro atoms. The van der Waals surface area contributed by atoms with Gasteiger partial charge < -0.3 is 20.7 Å². The van der Waals surface area contributed by atoms with Crippen LogP contribution in [0.3, 0.4) is 0 Å². The lowest BCUT2D eigenvalue weighted by atomic mass is 10.0. The van der Waals surface area contributed by atoms with Gasteiger partial charge in [-0.2, -0.15) is 0 Å². The van der Waals surface area contributed by atoms with E-state index in [1.165, 1.54) is 11.8 Å². The first-order valence-electron chi connectivity index (χ1n) is 9.78. The molecule has 1 aliphatic heterocycles. The Hall–Kier alpha value is -3.00. The Bertz CT molecular complexity index is 944. The Morgan fingerprint density at radius 2 is 1.90 bits per heavy atom. The van der Waals surface area contributed by atoms with Crippen LogP contribution in [0, 0.1) is 5.92 Å². The number of rotatable bonds is 7. The number of hydrogen-bond acceptors (Lipinski definition) is 5. The maximum Gasteiger partial charge on any atom is 0.251 e. The maximum absolute atomic E-state index is 12.9. The predicted molar refractivity (Wildman–Crippen MR) is 118 cm³/mol. The third kappa shape index (κ3) is 5.33. The number of nitrogens with one attached hydrogen (secondary N) is 3. The van der Waals surface area contributed by atoms with E-state index in [1.807, 2.05) is 26.8 Å². The van der Waals surface area contributed by atoms with Crippen molar-refractivity contribution in [3.05, 3.63) is 48.0 Å². The molecule has 158 valence electrons. The number of ether oxygens (including phenoxy) is 1. The first-order chi connectivity index (χ1) is 14.4. The molecule has 3 N–H and O–H groups in total. The van der Waals surface area contributed by atoms with Crippen molar-refractivity contribution in [2.24, 2.45) is 5.92 Å². The van der Waals surface area contributed by atoms with Gasteiger partial charge in [0.25, 0.3) is 5.91 Å². The summed E-state index contributed by atoms with van der Waals surface area (Å²) in [5.41, 5.74) is 1.68. The number of fused-ring (bicyclic) bond motifs is 1. The zero-order chi connectivity index (χ0) is 21.7. The molecule has 0 saturated heterocycles. The molecular formula is C22H25N3O4S. The molecule has 2 aromatic rings. The lowest BCUT2D eigenvalue weighted by Crippen LogP contribution is -2.47. The minimum Gasteiger partial charge on any atom is -0.494 e. The highest BCUT2D eigenvalue weighted by Crippen LogP contribution is 2.33. The van der Waals surface area contributed by atoms with Crippen LogP contribution >= 0.6 is 11.8 Å². The van der Waals surface area contributed by atoms with Crippen LogP contribution in [0.5, 0.6) is 5.75 Å². The van der Waals surface area contributed by atoms with Crippen LogP contribution in [-0.2, 0) is 9.59 Å². The van der Waals surface area contributed by atoms with E-state index in [-0.39, 0.29) is 23.6 Å². The lowest BCUT2D eigenvalue weighted by Gasteiger charge is -2.23. The molecule has 8 heteroatoms. The predicted octanol–water partition coefficient (Wildman–Crippen LogP) is 3.52. The van der Waals surface area contributed by atoms with Gasteiger partial charge in [-0.05, 0) is 55.3 Å². The van der Waals surface area contributed by atoms with E-state index in [2.05, 4.69) is 16.0 Å². The molecule has 3 amide bonds. The van der Waals surface area contributed by atoms with E-state index >= 15 is 0 Å². The molecule has 7 nitrogen and oxygen atoms in total. The van der Waals surface area contributed by atoms with E-state index < -0.39 is 6.04 Å². The topological polar surface area (TPSA) is 96.5 Å². The van der Waals surface area contributed by atoms with E-state index in [1.54, 1.807) is 36.4 Å². The number of hydrogen-bond donors (Lipinski definition) is 3. The van der Waals surface area contributed by atoms with E-state index in [0.29, 0.717) is 35.0 Å². The summed E-state index contributed by atoms with van der Waals surface area (Å²) >= 11 is 1.45. The molecule has 1 atom stereocenters. The molecule has 1 aliphatic rings. The monoisotopic (exact) mass is 427 g/mol. The first-order valence-corrected chi connectivity index (χ1v) is 10.8. The molecule has 3 rings (SSSR count). The fourth-order valence-corrected chi connectivity index (χ4v) is 3.80. The third-order valence-corrected chi connectivity index (χ3v) is 5.62. The zero-order valence-electron chi connectivity index (χ0n) is 17.2. The molecule has 30 heavy (non-hydrogen) atoms. The Labute approximate surface area is 180 Å². The SMILES string of the molecule is CCOc1ccc(C(=O)N[C@H](C(=O)Nc2ccc3c(c2)NC(=O)CS3)C(C)C)cc1. The molecule has 0 radical (unpaired) electrons. The van der Waals surface area contributed by atoms with E-state index in [9.17, 15) is 14.4 Å². The molecule has 0 aliphatic carbocycles. The Morgan fingerprint density at radius 1 is 1.17 bits per heavy atom. The van der Waals surface area contributed by atoms with Gasteiger partial charge in [0.1, 0.15) is 11.8 Å². The van der Waals surface area contributed by atoms with Gasteiger partial charge in [0, 0.05) is 16.1 Å². The summed E-state index contributed by atoms with van der Waals surface area (Å²) in [6, 6.07) is 11.4. The molecule has 0 fully saturated rings. The molecule has 1 heterocycles. The highest BCUT2D eigenvalue weighted by atomic mass is 32.2. The van der Waals surface area contributed by atoms with Gasteiger partial charge in [-0.25, -0.2) is 0 Å². The van der Waals surface area contributed by atoms with Crippen molar-refractivity contribution < 1.29 is 19.1 Å². The van der Waals surface area contributed by atoms with Crippen LogP contribution in [-0.4, -0.2) is 36.1 Å². The quantitative estimate of drug-likeness (QED) is 0.628. The summed E-state index contributed by atoms with van der Waals surface area (Å²) in [4.78, 5) is 38.0. The highest BCUT2D eigenvalue weighted by Gasteiger charge is 2.25. The minimum atomic E-state index is -0.718. The van der Waals surface area contributed by atoms with Crippen LogP contribution in [0.1, 0.15) is 31.1 Å². The van der Waals surface area contributed by atoms with Crippen LogP contribution in [0.15, 0.2) is 47.4 Å². The summed E-state index contributed by atoms with van der Waals surface area (Å²) in [6.45, 7) is 6.17. The van der Waals surface area contributed by atoms with E-state index in [4.69, 9.17) is 4.74 Å². The van der Waals surface area contributed by atoms with Crippen molar-refractivity contribution >= 4 is 40.9 Å². The van der Waals surface area contributed by atoms with Crippen LogP contribution < -0.4 is 20.7 Å². The number of carbonyl (C=O) groups excluding carboxylic acids is 3. The Balaban J connectivity index is 1.68. The molecule has 2 aromatic carbocycles. The number of anilines is 2. The molecular weight excluding hydrogens is 402 g/mol. The zero-order valence-corrected chi connectivity index (χ0v) is 18.0. The molecule has 0 aromatic heterocycles. The summed E-state index contributed by atoms with van der Waals surface area (Å²) in [5, 5.41) is 8.45. The number of carbonyl (C=O) groups is 3. The van der Waals surface area contributed by atoms with Gasteiger partial charge in [0.2, 0.25) is 11.8 Å². The van der Waals surface area contributed by atoms with Crippen molar-refractivity contribution in [3.63, 3.8) is 0 Å². The highest BCUT2D eigenvalue weighted by molar-refractivity contribution is 8.00. The average molecular weight is 428 g/mol. The third-order valence-electron chi connectivity index (χ3n) is 4.54. The Kier molecular flexibility index (Phi) is 6.99. The summed E-state index contributed by atoms with van der Waals surface area (Å²) in [6.07, 6.45) is 0. The summed E-state index contributed by atoms with van der Waals surface area (Å²) in [7, 11) is 0. The molecule has 0 unspecified atom stereocenters. The fraction of sp³-hybridized carbons (Fsp3) is 0.318. The maximum atomic E-state index is 12.9. The number of amides is 3. The Morgan fingerprint density at radius 3 is 2.57 bits per heavy atom. The first kappa shape index (κ1) is 21.7. The smallest absolute Gasteiger partial charge is 0.251 e. The van der Waals surface area contributed by atoms with Gasteiger partial charge in [-0.15, -0.1) is 11.8 Å². The minimum absolute atomic E-state index is 0.0707. The van der Waals surface area contributed by atoms with Crippen molar-refractivity contribution in [1.82, 2.24) is 5.32 Å². The van der Waals surface area contributed by atoms with Gasteiger partial charge in [0.05, 0.1) is 18.0 Å². The second-order valence-electron chi connectivity index (χ2n) is 7.19. The van der Waals surface area contributed by atoms with Gasteiger partial charge >= 0.3 is 0 Å². The normalized spacial score (nSPS) is 13.8. The standard InChI is InChI=1S/C22H25N3O4S/c1-4-29-16-8-5-14(6-9-16)21(27)25-20(13(2)3)22(28)23-15-7-10-18-17(11-15)24-19(26)12-30-18/h5-11,13,20H,4,12H2,1-3H3,(H,23,28)(H,24,26)(H,25,27)/t20-/m0/s1. The molecule has 0 saturated carbocycles. The van der Waals surface area contributed by atoms with Crippen molar-refractivity contribution in [2.75, 3.05) is 23.0 Å². The molecule has 0 bridgehead atoms. The second kappa shape index (κ2) is 9.67. The summed E-state index contributed by atoms with van der Waals surface area (Å²) < 4.78 is 5.39. The fourth-order valence-electron chi connectivity index (χ4n) is 3.01. The number of benzene rings is 2.